The lowest BCUT2D eigenvalue weighted by Gasteiger charge is -2.35. The van der Waals surface area contributed by atoms with E-state index in [0.717, 1.165) is 45.4 Å². The second-order valence-corrected chi connectivity index (χ2v) is 5.77. The molecule has 1 aliphatic heterocycles. The second-order valence-electron chi connectivity index (χ2n) is 5.77. The minimum absolute atomic E-state index is 0.348. The zero-order valence-corrected chi connectivity index (χ0v) is 11.0. The van der Waals surface area contributed by atoms with Crippen molar-refractivity contribution in [1.82, 2.24) is 5.32 Å². The highest BCUT2D eigenvalue weighted by atomic mass is 16.5. The van der Waals surface area contributed by atoms with E-state index in [1.165, 1.54) is 0 Å². The third kappa shape index (κ3) is 4.81. The number of nitrogens with one attached hydrogen (secondary N) is 1. The average molecular weight is 229 g/mol. The molecule has 0 aromatic carbocycles. The molecule has 1 rings (SSSR count). The van der Waals surface area contributed by atoms with Crippen LogP contribution in [0.2, 0.25) is 0 Å². The van der Waals surface area contributed by atoms with Crippen molar-refractivity contribution in [1.29, 1.82) is 0 Å². The van der Waals surface area contributed by atoms with E-state index in [-0.39, 0.29) is 0 Å². The zero-order chi connectivity index (χ0) is 12.1. The summed E-state index contributed by atoms with van der Waals surface area (Å²) < 4.78 is 5.37. The van der Waals surface area contributed by atoms with E-state index in [9.17, 15) is 5.11 Å². The first-order chi connectivity index (χ1) is 7.47. The van der Waals surface area contributed by atoms with Crippen LogP contribution in [0.3, 0.4) is 0 Å². The van der Waals surface area contributed by atoms with E-state index in [1.807, 2.05) is 6.92 Å². The van der Waals surface area contributed by atoms with Crippen molar-refractivity contribution < 1.29 is 9.84 Å². The standard InChI is InChI=1S/C13H27NO2/c1-4-5-13(3,15)11-14-10-12(2)6-8-16-9-7-12/h14-15H,4-11H2,1-3H3. The van der Waals surface area contributed by atoms with Crippen LogP contribution in [-0.2, 0) is 4.74 Å². The van der Waals surface area contributed by atoms with Crippen LogP contribution in [0.25, 0.3) is 0 Å². The maximum Gasteiger partial charge on any atom is 0.0743 e. The first kappa shape index (κ1) is 13.9. The van der Waals surface area contributed by atoms with Gasteiger partial charge in [-0.3, -0.25) is 0 Å². The van der Waals surface area contributed by atoms with Gasteiger partial charge in [0.25, 0.3) is 0 Å². The van der Waals surface area contributed by atoms with Crippen molar-refractivity contribution in [3.63, 3.8) is 0 Å². The molecule has 0 aromatic rings. The van der Waals surface area contributed by atoms with E-state index in [2.05, 4.69) is 19.2 Å². The van der Waals surface area contributed by atoms with Crippen LogP contribution >= 0.6 is 0 Å². The molecule has 0 aromatic heterocycles. The summed E-state index contributed by atoms with van der Waals surface area (Å²) in [6, 6.07) is 0. The van der Waals surface area contributed by atoms with Gasteiger partial charge in [0.05, 0.1) is 5.60 Å². The summed E-state index contributed by atoms with van der Waals surface area (Å²) in [6.45, 7) is 9.75. The molecule has 1 atom stereocenters. The fraction of sp³-hybridized carbons (Fsp3) is 1.00. The predicted molar refractivity (Wildman–Crippen MR) is 66.6 cm³/mol. The zero-order valence-electron chi connectivity index (χ0n) is 11.0. The Morgan fingerprint density at radius 1 is 1.38 bits per heavy atom. The van der Waals surface area contributed by atoms with Gasteiger partial charge in [-0.15, -0.1) is 0 Å². The topological polar surface area (TPSA) is 41.5 Å². The van der Waals surface area contributed by atoms with E-state index in [0.29, 0.717) is 12.0 Å². The molecular weight excluding hydrogens is 202 g/mol. The molecule has 1 fully saturated rings. The molecule has 1 heterocycles. The van der Waals surface area contributed by atoms with Gasteiger partial charge >= 0.3 is 0 Å². The fourth-order valence-electron chi connectivity index (χ4n) is 2.30. The molecule has 0 aliphatic carbocycles. The molecule has 96 valence electrons. The lowest BCUT2D eigenvalue weighted by atomic mass is 9.82. The third-order valence-electron chi connectivity index (χ3n) is 3.55. The average Bonchev–Trinajstić information content (AvgIpc) is 2.17. The van der Waals surface area contributed by atoms with Crippen LogP contribution < -0.4 is 5.32 Å². The van der Waals surface area contributed by atoms with Crippen molar-refractivity contribution in [2.45, 2.75) is 52.1 Å². The summed E-state index contributed by atoms with van der Waals surface area (Å²) in [5, 5.41) is 13.5. The van der Waals surface area contributed by atoms with Gasteiger partial charge in [-0.05, 0) is 31.6 Å². The Balaban J connectivity index is 2.23. The van der Waals surface area contributed by atoms with Crippen molar-refractivity contribution in [3.05, 3.63) is 0 Å². The van der Waals surface area contributed by atoms with Crippen molar-refractivity contribution >= 4 is 0 Å². The Labute approximate surface area is 99.6 Å². The van der Waals surface area contributed by atoms with Gasteiger partial charge in [-0.1, -0.05) is 20.3 Å². The summed E-state index contributed by atoms with van der Waals surface area (Å²) in [7, 11) is 0. The number of hydrogen-bond donors (Lipinski definition) is 2. The highest BCUT2D eigenvalue weighted by Crippen LogP contribution is 2.28. The first-order valence-corrected chi connectivity index (χ1v) is 6.48. The Morgan fingerprint density at radius 3 is 2.56 bits per heavy atom. The van der Waals surface area contributed by atoms with E-state index >= 15 is 0 Å². The third-order valence-corrected chi connectivity index (χ3v) is 3.55. The number of hydrogen-bond acceptors (Lipinski definition) is 3. The fourth-order valence-corrected chi connectivity index (χ4v) is 2.30. The molecular formula is C13H27NO2. The van der Waals surface area contributed by atoms with Crippen LogP contribution in [0, 0.1) is 5.41 Å². The van der Waals surface area contributed by atoms with Gasteiger partial charge in [0.15, 0.2) is 0 Å². The SMILES string of the molecule is CCCC(C)(O)CNCC1(C)CCOCC1. The Morgan fingerprint density at radius 2 is 2.00 bits per heavy atom. The highest BCUT2D eigenvalue weighted by Gasteiger charge is 2.28. The first-order valence-electron chi connectivity index (χ1n) is 6.48. The maximum absolute atomic E-state index is 10.0. The van der Waals surface area contributed by atoms with E-state index < -0.39 is 5.60 Å². The number of ether oxygens (including phenoxy) is 1. The predicted octanol–water partition coefficient (Wildman–Crippen LogP) is 1.94. The number of rotatable bonds is 6. The largest absolute Gasteiger partial charge is 0.389 e. The molecule has 1 aliphatic rings. The van der Waals surface area contributed by atoms with Crippen LogP contribution in [0.1, 0.15) is 46.5 Å². The quantitative estimate of drug-likeness (QED) is 0.731. The van der Waals surface area contributed by atoms with Crippen LogP contribution in [0.4, 0.5) is 0 Å². The molecule has 3 heteroatoms. The lowest BCUT2D eigenvalue weighted by Crippen LogP contribution is -2.43. The normalized spacial score (nSPS) is 24.0. The van der Waals surface area contributed by atoms with Crippen molar-refractivity contribution in [2.24, 2.45) is 5.41 Å². The smallest absolute Gasteiger partial charge is 0.0743 e. The summed E-state index contributed by atoms with van der Waals surface area (Å²) in [6.07, 6.45) is 4.13. The lowest BCUT2D eigenvalue weighted by molar-refractivity contribution is 0.0152. The summed E-state index contributed by atoms with van der Waals surface area (Å²) in [5.74, 6) is 0. The second kappa shape index (κ2) is 5.99. The monoisotopic (exact) mass is 229 g/mol. The van der Waals surface area contributed by atoms with Gasteiger partial charge in [0.2, 0.25) is 0 Å². The summed E-state index contributed by atoms with van der Waals surface area (Å²) in [4.78, 5) is 0. The minimum atomic E-state index is -0.559. The Hall–Kier alpha value is -0.120. The molecule has 0 amide bonds. The number of aliphatic hydroxyl groups is 1. The Kier molecular flexibility index (Phi) is 5.22. The summed E-state index contributed by atoms with van der Waals surface area (Å²) in [5.41, 5.74) is -0.211. The van der Waals surface area contributed by atoms with Crippen LogP contribution in [-0.4, -0.2) is 37.0 Å². The van der Waals surface area contributed by atoms with Gasteiger partial charge in [0.1, 0.15) is 0 Å². The van der Waals surface area contributed by atoms with Crippen molar-refractivity contribution in [3.8, 4) is 0 Å². The van der Waals surface area contributed by atoms with Crippen LogP contribution in [0.15, 0.2) is 0 Å². The van der Waals surface area contributed by atoms with Gasteiger partial charge in [-0.2, -0.15) is 0 Å². The van der Waals surface area contributed by atoms with Gasteiger partial charge < -0.3 is 15.2 Å². The molecule has 0 bridgehead atoms. The maximum atomic E-state index is 10.0. The molecule has 0 spiro atoms. The van der Waals surface area contributed by atoms with Crippen molar-refractivity contribution in [2.75, 3.05) is 26.3 Å². The molecule has 0 saturated carbocycles. The Bertz CT molecular complexity index is 198. The molecule has 16 heavy (non-hydrogen) atoms. The highest BCUT2D eigenvalue weighted by molar-refractivity contribution is 4.82. The molecule has 3 nitrogen and oxygen atoms in total. The van der Waals surface area contributed by atoms with E-state index in [1.54, 1.807) is 0 Å². The molecule has 1 saturated heterocycles. The van der Waals surface area contributed by atoms with E-state index in [4.69, 9.17) is 4.74 Å². The molecule has 1 unspecified atom stereocenters. The summed E-state index contributed by atoms with van der Waals surface area (Å²) >= 11 is 0. The molecule has 2 N–H and O–H groups in total. The van der Waals surface area contributed by atoms with Gasteiger partial charge in [0, 0.05) is 26.3 Å². The minimum Gasteiger partial charge on any atom is -0.389 e. The molecule has 0 radical (unpaired) electrons. The van der Waals surface area contributed by atoms with Gasteiger partial charge in [-0.25, -0.2) is 0 Å². The van der Waals surface area contributed by atoms with Crippen LogP contribution in [0.5, 0.6) is 0 Å².